The third kappa shape index (κ3) is 9.69. The summed E-state index contributed by atoms with van der Waals surface area (Å²) in [6.45, 7) is 3.80. The first-order valence-corrected chi connectivity index (χ1v) is 15.6. The van der Waals surface area contributed by atoms with Crippen molar-refractivity contribution in [3.63, 3.8) is 0 Å². The molecule has 0 atom stereocenters. The van der Waals surface area contributed by atoms with Crippen LogP contribution in [0.25, 0.3) is 10.8 Å². The molecule has 16 heteroatoms. The first-order valence-electron chi connectivity index (χ1n) is 14.1. The Bertz CT molecular complexity index is 1670. The number of carbonyl (C=O) groups is 2. The van der Waals surface area contributed by atoms with Crippen molar-refractivity contribution in [1.29, 1.82) is 10.8 Å². The minimum atomic E-state index is -4.60. The summed E-state index contributed by atoms with van der Waals surface area (Å²) in [5.74, 6) is 0.347. The number of nitrogens with zero attached hydrogens (tertiary/aromatic N) is 3. The maximum absolute atomic E-state index is 13.7. The highest BCUT2D eigenvalue weighted by Gasteiger charge is 2.31. The summed E-state index contributed by atoms with van der Waals surface area (Å²) in [6, 6.07) is 17.7. The molecule has 1 fully saturated rings. The smallest absolute Gasteiger partial charge is 0.425 e. The van der Waals surface area contributed by atoms with E-state index in [9.17, 15) is 18.0 Å². The van der Waals surface area contributed by atoms with Gasteiger partial charge < -0.3 is 25.0 Å². The van der Waals surface area contributed by atoms with E-state index in [0.717, 1.165) is 36.7 Å². The zero-order chi connectivity index (χ0) is 32.0. The number of ether oxygens (including phenoxy) is 2. The van der Waals surface area contributed by atoms with Gasteiger partial charge in [0.1, 0.15) is 24.2 Å². The van der Waals surface area contributed by atoms with Crippen LogP contribution in [0.5, 0.6) is 5.75 Å². The van der Waals surface area contributed by atoms with Crippen molar-refractivity contribution >= 4 is 75.2 Å². The van der Waals surface area contributed by atoms with Crippen molar-refractivity contribution in [2.24, 2.45) is 10.9 Å². The third-order valence-electron chi connectivity index (χ3n) is 7.28. The molecule has 4 rings (SSSR count). The number of benzene rings is 3. The van der Waals surface area contributed by atoms with Crippen LogP contribution in [0, 0.1) is 10.8 Å². The second-order valence-electron chi connectivity index (χ2n) is 10.4. The summed E-state index contributed by atoms with van der Waals surface area (Å²) in [5.41, 5.74) is 7.36. The van der Waals surface area contributed by atoms with Crippen LogP contribution in [0.15, 0.2) is 60.7 Å². The Morgan fingerprint density at radius 1 is 0.978 bits per heavy atom. The number of piperidine rings is 1. The fourth-order valence-corrected chi connectivity index (χ4v) is 5.49. The molecular formula is C30H39Cl2N7O6S. The molecule has 0 radical (unpaired) electrons. The molecule has 1 heterocycles. The number of fused-ring (bicyclic) bond motifs is 1. The van der Waals surface area contributed by atoms with Gasteiger partial charge in [-0.15, -0.1) is 24.8 Å². The molecule has 1 saturated heterocycles. The Morgan fingerprint density at radius 3 is 2.17 bits per heavy atom. The van der Waals surface area contributed by atoms with E-state index in [1.807, 2.05) is 29.2 Å². The average molecular weight is 697 g/mol. The van der Waals surface area contributed by atoms with E-state index in [4.69, 9.17) is 31.2 Å². The summed E-state index contributed by atoms with van der Waals surface area (Å²) in [6.07, 6.45) is 0.277. The van der Waals surface area contributed by atoms with Gasteiger partial charge in [0.25, 0.3) is 0 Å². The Balaban J connectivity index is 0.00000368. The number of halogens is 2. The van der Waals surface area contributed by atoms with E-state index in [1.165, 1.54) is 11.8 Å². The number of carbonyl (C=O) groups excluding carboxylic acids is 2. The Hall–Kier alpha value is -4.11. The molecule has 6 N–H and O–H groups in total. The number of nitrogen functional groups attached to an aromatic ring is 1. The number of hydrogen-bond donors (Lipinski definition) is 4. The van der Waals surface area contributed by atoms with Crippen LogP contribution in [-0.4, -0.2) is 73.6 Å². The zero-order valence-electron chi connectivity index (χ0n) is 25.5. The largest absolute Gasteiger partial charge is 0.490 e. The minimum absolute atomic E-state index is 0. The second-order valence-corrected chi connectivity index (χ2v) is 11.9. The molecule has 0 aliphatic carbocycles. The number of hydrogen-bond acceptors (Lipinski definition) is 8. The maximum atomic E-state index is 13.7. The van der Waals surface area contributed by atoms with Gasteiger partial charge in [0, 0.05) is 37.2 Å². The highest BCUT2D eigenvalue weighted by atomic mass is 35.5. The predicted molar refractivity (Wildman–Crippen MR) is 183 cm³/mol. The summed E-state index contributed by atoms with van der Waals surface area (Å²) in [5, 5.41) is 22.5. The average Bonchev–Trinajstić information content (AvgIpc) is 2.98. The second kappa shape index (κ2) is 16.5. The number of amidine groups is 2. The van der Waals surface area contributed by atoms with Crippen LogP contribution in [0.4, 0.5) is 10.5 Å². The lowest BCUT2D eigenvalue weighted by Gasteiger charge is -2.33. The molecule has 0 bridgehead atoms. The molecular weight excluding hydrogens is 657 g/mol. The molecule has 1 aliphatic rings. The van der Waals surface area contributed by atoms with Crippen LogP contribution in [0.3, 0.4) is 0 Å². The van der Waals surface area contributed by atoms with Crippen molar-refractivity contribution in [2.75, 3.05) is 31.1 Å². The minimum Gasteiger partial charge on any atom is -0.490 e. The highest BCUT2D eigenvalue weighted by Crippen LogP contribution is 2.26. The lowest BCUT2D eigenvalue weighted by Crippen LogP contribution is -2.48. The molecule has 0 spiro atoms. The van der Waals surface area contributed by atoms with Crippen LogP contribution in [0.2, 0.25) is 0 Å². The molecule has 13 nitrogen and oxygen atoms in total. The van der Waals surface area contributed by atoms with Crippen LogP contribution in [-0.2, 0) is 26.3 Å². The standard InChI is InChI=1S/C30H37N7O6S.2ClH/c1-3-42-30(39)37(44(34,40)41)19-28(38)36(18-21-4-5-22-6-7-23(29(32)33)17-24(22)16-21)25-8-10-26(11-9-25)43-27-12-14-35(15-13-27)20(2)31;;/h4-11,16-17,27,31H,3,12-15,18-19H2,1-2H3,(H3,32,33)(H2,34,40,41);2*1H. The number of amides is 2. The van der Waals surface area contributed by atoms with Gasteiger partial charge in [-0.2, -0.15) is 12.7 Å². The molecule has 0 unspecified atom stereocenters. The van der Waals surface area contributed by atoms with E-state index in [2.05, 4.69) is 0 Å². The van der Waals surface area contributed by atoms with E-state index in [-0.39, 0.29) is 54.2 Å². The van der Waals surface area contributed by atoms with E-state index < -0.39 is 28.8 Å². The topological polar surface area (TPSA) is 196 Å². The number of anilines is 1. The third-order valence-corrected chi connectivity index (χ3v) is 8.17. The zero-order valence-corrected chi connectivity index (χ0v) is 27.9. The number of nitrogens with one attached hydrogen (secondary N) is 2. The lowest BCUT2D eigenvalue weighted by molar-refractivity contribution is -0.118. The molecule has 250 valence electrons. The summed E-state index contributed by atoms with van der Waals surface area (Å²) in [7, 11) is -4.60. The van der Waals surface area contributed by atoms with Crippen LogP contribution in [0.1, 0.15) is 37.8 Å². The van der Waals surface area contributed by atoms with E-state index in [0.29, 0.717) is 28.4 Å². The Kier molecular flexibility index (Phi) is 13.6. The van der Waals surface area contributed by atoms with E-state index in [1.54, 1.807) is 43.3 Å². The van der Waals surface area contributed by atoms with Crippen molar-refractivity contribution in [3.8, 4) is 5.75 Å². The van der Waals surface area contributed by atoms with Gasteiger partial charge >= 0.3 is 16.3 Å². The normalized spacial score (nSPS) is 13.2. The molecule has 0 aromatic heterocycles. The summed E-state index contributed by atoms with van der Waals surface area (Å²) in [4.78, 5) is 29.4. The number of likely N-dealkylation sites (tertiary alicyclic amines) is 1. The van der Waals surface area contributed by atoms with Crippen LogP contribution < -0.4 is 20.5 Å². The number of rotatable bonds is 10. The molecule has 3 aromatic rings. The van der Waals surface area contributed by atoms with Gasteiger partial charge in [-0.1, -0.05) is 24.3 Å². The SMILES string of the molecule is CCOC(=O)N(CC(=O)N(Cc1ccc2ccc(C(=N)N)cc2c1)c1ccc(OC2CCN(C(C)=N)CC2)cc1)S(N)(=O)=O.Cl.Cl. The van der Waals surface area contributed by atoms with Gasteiger partial charge in [0.2, 0.25) is 5.91 Å². The van der Waals surface area contributed by atoms with E-state index >= 15 is 0 Å². The predicted octanol–water partition coefficient (Wildman–Crippen LogP) is 4.00. The lowest BCUT2D eigenvalue weighted by atomic mass is 10.0. The van der Waals surface area contributed by atoms with Gasteiger partial charge in [-0.05, 0) is 66.6 Å². The molecule has 3 aromatic carbocycles. The first kappa shape index (κ1) is 38.1. The summed E-state index contributed by atoms with van der Waals surface area (Å²) < 4.78 is 35.6. The molecule has 2 amide bonds. The quantitative estimate of drug-likeness (QED) is 0.180. The molecule has 46 heavy (non-hydrogen) atoms. The van der Waals surface area contributed by atoms with Crippen molar-refractivity contribution in [3.05, 3.63) is 71.8 Å². The Morgan fingerprint density at radius 2 is 1.61 bits per heavy atom. The fourth-order valence-electron chi connectivity index (χ4n) is 4.94. The van der Waals surface area contributed by atoms with Crippen molar-refractivity contribution < 1.29 is 27.5 Å². The first-order chi connectivity index (χ1) is 20.8. The fraction of sp³-hybridized carbons (Fsp3) is 0.333. The van der Waals surface area contributed by atoms with Crippen molar-refractivity contribution in [1.82, 2.24) is 9.21 Å². The van der Waals surface area contributed by atoms with Crippen molar-refractivity contribution in [2.45, 2.75) is 39.3 Å². The van der Waals surface area contributed by atoms with Crippen LogP contribution >= 0.6 is 24.8 Å². The monoisotopic (exact) mass is 695 g/mol. The molecule has 0 saturated carbocycles. The Labute approximate surface area is 280 Å². The highest BCUT2D eigenvalue weighted by molar-refractivity contribution is 7.87. The van der Waals surface area contributed by atoms with Gasteiger partial charge in [0.15, 0.2) is 0 Å². The number of nitrogens with two attached hydrogens (primary N) is 2. The maximum Gasteiger partial charge on any atom is 0.425 e. The molecule has 1 aliphatic heterocycles. The van der Waals surface area contributed by atoms with Gasteiger partial charge in [-0.3, -0.25) is 15.6 Å². The van der Waals surface area contributed by atoms with Gasteiger partial charge in [0.05, 0.1) is 19.0 Å². The summed E-state index contributed by atoms with van der Waals surface area (Å²) >= 11 is 0. The van der Waals surface area contributed by atoms with Gasteiger partial charge in [-0.25, -0.2) is 9.93 Å².